The van der Waals surface area contributed by atoms with Crippen molar-refractivity contribution in [2.24, 2.45) is 0 Å². The largest absolute Gasteiger partial charge is 0.471 e. The summed E-state index contributed by atoms with van der Waals surface area (Å²) >= 11 is 0. The number of para-hydroxylation sites is 1. The summed E-state index contributed by atoms with van der Waals surface area (Å²) in [5.41, 5.74) is 2.37. The molecule has 7 heteroatoms. The van der Waals surface area contributed by atoms with Gasteiger partial charge in [0.25, 0.3) is 0 Å². The van der Waals surface area contributed by atoms with Crippen LogP contribution in [0.3, 0.4) is 0 Å². The fraction of sp³-hybridized carbons (Fsp3) is 0.294. The minimum absolute atomic E-state index is 0.00716. The molecule has 0 aliphatic carbocycles. The van der Waals surface area contributed by atoms with Crippen molar-refractivity contribution in [1.29, 1.82) is 0 Å². The summed E-state index contributed by atoms with van der Waals surface area (Å²) in [4.78, 5) is 26.2. The van der Waals surface area contributed by atoms with Crippen LogP contribution in [-0.2, 0) is 16.0 Å². The minimum atomic E-state index is -4.92. The van der Waals surface area contributed by atoms with Crippen LogP contribution in [-0.4, -0.2) is 34.8 Å². The van der Waals surface area contributed by atoms with Crippen LogP contribution in [0.5, 0.6) is 0 Å². The third-order valence-electron chi connectivity index (χ3n) is 4.24. The van der Waals surface area contributed by atoms with Crippen molar-refractivity contribution in [2.75, 3.05) is 6.54 Å². The van der Waals surface area contributed by atoms with E-state index in [0.717, 1.165) is 21.4 Å². The van der Waals surface area contributed by atoms with E-state index in [2.05, 4.69) is 4.98 Å². The molecule has 0 saturated carbocycles. The van der Waals surface area contributed by atoms with Gasteiger partial charge < -0.3 is 9.88 Å². The van der Waals surface area contributed by atoms with E-state index in [0.29, 0.717) is 18.4 Å². The molecule has 0 bridgehead atoms. The van der Waals surface area contributed by atoms with Gasteiger partial charge in [0, 0.05) is 23.1 Å². The first-order valence-corrected chi connectivity index (χ1v) is 7.51. The highest BCUT2D eigenvalue weighted by Gasteiger charge is 2.46. The lowest BCUT2D eigenvalue weighted by molar-refractivity contribution is -0.188. The van der Waals surface area contributed by atoms with Gasteiger partial charge in [0.1, 0.15) is 6.29 Å². The molecule has 1 aromatic carbocycles. The first kappa shape index (κ1) is 16.3. The third-order valence-corrected chi connectivity index (χ3v) is 4.24. The fourth-order valence-corrected chi connectivity index (χ4v) is 3.23. The monoisotopic (exact) mass is 336 g/mol. The first-order valence-electron chi connectivity index (χ1n) is 7.51. The summed E-state index contributed by atoms with van der Waals surface area (Å²) in [5.74, 6) is -1.85. The zero-order valence-corrected chi connectivity index (χ0v) is 12.6. The Morgan fingerprint density at radius 3 is 2.79 bits per heavy atom. The van der Waals surface area contributed by atoms with Crippen LogP contribution in [0.15, 0.2) is 36.4 Å². The van der Waals surface area contributed by atoms with E-state index in [1.807, 2.05) is 24.3 Å². The number of alkyl halides is 3. The Labute approximate surface area is 135 Å². The average molecular weight is 336 g/mol. The SMILES string of the molecule is O=C/C=C/CC1c2[nH]c3ccccc3c2CCN1C(=O)C(F)(F)F. The molecule has 1 atom stereocenters. The van der Waals surface area contributed by atoms with Gasteiger partial charge in [-0.3, -0.25) is 9.59 Å². The molecular weight excluding hydrogens is 321 g/mol. The number of H-pyrrole nitrogens is 1. The van der Waals surface area contributed by atoms with Crippen molar-refractivity contribution < 1.29 is 22.8 Å². The average Bonchev–Trinajstić information content (AvgIpc) is 2.92. The normalized spacial score (nSPS) is 18.1. The van der Waals surface area contributed by atoms with Crippen molar-refractivity contribution in [1.82, 2.24) is 9.88 Å². The Balaban J connectivity index is 2.06. The highest BCUT2D eigenvalue weighted by atomic mass is 19.4. The number of rotatable bonds is 3. The van der Waals surface area contributed by atoms with E-state index >= 15 is 0 Å². The standard InChI is InChI=1S/C17H15F3N2O2/c18-17(19,20)16(24)22-9-8-12-11-5-1-2-6-13(11)21-15(12)14(22)7-3-4-10-23/h1-6,10,14,21H,7-9H2/b4-3+. The lowest BCUT2D eigenvalue weighted by Gasteiger charge is -2.35. The molecule has 1 unspecified atom stereocenters. The Bertz CT molecular complexity index is 808. The van der Waals surface area contributed by atoms with E-state index in [1.165, 1.54) is 12.2 Å². The zero-order valence-electron chi connectivity index (χ0n) is 12.6. The number of allylic oxidation sites excluding steroid dienone is 1. The highest BCUT2D eigenvalue weighted by Crippen LogP contribution is 2.38. The van der Waals surface area contributed by atoms with Crippen LogP contribution >= 0.6 is 0 Å². The summed E-state index contributed by atoms with van der Waals surface area (Å²) < 4.78 is 38.7. The number of carbonyl (C=O) groups excluding carboxylic acids is 2. The Morgan fingerprint density at radius 2 is 2.08 bits per heavy atom. The van der Waals surface area contributed by atoms with Gasteiger partial charge in [-0.1, -0.05) is 24.3 Å². The van der Waals surface area contributed by atoms with Gasteiger partial charge in [-0.25, -0.2) is 0 Å². The molecule has 1 aliphatic rings. The van der Waals surface area contributed by atoms with E-state index in [4.69, 9.17) is 0 Å². The second-order valence-corrected chi connectivity index (χ2v) is 5.62. The molecule has 1 N–H and O–H groups in total. The molecule has 0 fully saturated rings. The second-order valence-electron chi connectivity index (χ2n) is 5.62. The van der Waals surface area contributed by atoms with Gasteiger partial charge in [0.2, 0.25) is 0 Å². The van der Waals surface area contributed by atoms with Crippen LogP contribution in [0.1, 0.15) is 23.7 Å². The topological polar surface area (TPSA) is 53.2 Å². The Morgan fingerprint density at radius 1 is 1.33 bits per heavy atom. The lowest BCUT2D eigenvalue weighted by Crippen LogP contribution is -2.46. The molecule has 2 aromatic rings. The maximum absolute atomic E-state index is 12.9. The van der Waals surface area contributed by atoms with Crippen LogP contribution in [0, 0.1) is 0 Å². The molecular formula is C17H15F3N2O2. The van der Waals surface area contributed by atoms with Gasteiger partial charge in [-0.15, -0.1) is 0 Å². The number of aldehydes is 1. The van der Waals surface area contributed by atoms with Crippen molar-refractivity contribution in [2.45, 2.75) is 25.1 Å². The molecule has 2 heterocycles. The molecule has 0 spiro atoms. The van der Waals surface area contributed by atoms with Gasteiger partial charge >= 0.3 is 12.1 Å². The number of halogens is 3. The van der Waals surface area contributed by atoms with E-state index < -0.39 is 18.1 Å². The zero-order chi connectivity index (χ0) is 17.3. The molecule has 126 valence electrons. The fourth-order valence-electron chi connectivity index (χ4n) is 3.23. The molecule has 3 rings (SSSR count). The van der Waals surface area contributed by atoms with Crippen LogP contribution in [0.2, 0.25) is 0 Å². The summed E-state index contributed by atoms with van der Waals surface area (Å²) in [6.45, 7) is -0.00716. The van der Waals surface area contributed by atoms with E-state index in [9.17, 15) is 22.8 Å². The third kappa shape index (κ3) is 2.81. The lowest BCUT2D eigenvalue weighted by atomic mass is 9.95. The quantitative estimate of drug-likeness (QED) is 0.691. The van der Waals surface area contributed by atoms with Crippen molar-refractivity contribution in [3.63, 3.8) is 0 Å². The molecule has 0 saturated heterocycles. The van der Waals surface area contributed by atoms with Crippen LogP contribution in [0.4, 0.5) is 13.2 Å². The number of hydrogen-bond acceptors (Lipinski definition) is 2. The summed E-state index contributed by atoms with van der Waals surface area (Å²) in [5, 5.41) is 0.955. The van der Waals surface area contributed by atoms with Crippen LogP contribution in [0.25, 0.3) is 10.9 Å². The molecule has 24 heavy (non-hydrogen) atoms. The number of aromatic nitrogens is 1. The number of aromatic amines is 1. The van der Waals surface area contributed by atoms with Gasteiger partial charge in [-0.05, 0) is 30.5 Å². The van der Waals surface area contributed by atoms with Crippen molar-refractivity contribution >= 4 is 23.1 Å². The second kappa shape index (κ2) is 6.14. The van der Waals surface area contributed by atoms with Gasteiger partial charge in [0.15, 0.2) is 0 Å². The Hall–Kier alpha value is -2.57. The van der Waals surface area contributed by atoms with Crippen LogP contribution < -0.4 is 0 Å². The first-order chi connectivity index (χ1) is 11.4. The maximum Gasteiger partial charge on any atom is 0.471 e. The Kier molecular flexibility index (Phi) is 4.17. The smallest absolute Gasteiger partial charge is 0.356 e. The summed E-state index contributed by atoms with van der Waals surface area (Å²) in [6, 6.07) is 6.69. The van der Waals surface area contributed by atoms with E-state index in [-0.39, 0.29) is 13.0 Å². The molecule has 1 aromatic heterocycles. The molecule has 1 amide bonds. The number of carbonyl (C=O) groups is 2. The van der Waals surface area contributed by atoms with Gasteiger partial charge in [0.05, 0.1) is 6.04 Å². The predicted molar refractivity (Wildman–Crippen MR) is 82.3 cm³/mol. The number of fused-ring (bicyclic) bond motifs is 3. The number of hydrogen-bond donors (Lipinski definition) is 1. The number of nitrogens with one attached hydrogen (secondary N) is 1. The maximum atomic E-state index is 12.9. The highest BCUT2D eigenvalue weighted by molar-refractivity contribution is 5.87. The number of nitrogens with zero attached hydrogens (tertiary/aromatic N) is 1. The number of amides is 1. The molecule has 0 radical (unpaired) electrons. The van der Waals surface area contributed by atoms with Gasteiger partial charge in [-0.2, -0.15) is 13.2 Å². The van der Waals surface area contributed by atoms with E-state index in [1.54, 1.807) is 0 Å². The minimum Gasteiger partial charge on any atom is -0.356 e. The van der Waals surface area contributed by atoms with Crippen molar-refractivity contribution in [3.8, 4) is 0 Å². The van der Waals surface area contributed by atoms with Crippen molar-refractivity contribution in [3.05, 3.63) is 47.7 Å². The predicted octanol–water partition coefficient (Wildman–Crippen LogP) is 3.30. The molecule has 1 aliphatic heterocycles. The summed E-state index contributed by atoms with van der Waals surface area (Å²) in [6.07, 6.45) is -1.15. The summed E-state index contributed by atoms with van der Waals surface area (Å²) in [7, 11) is 0. The number of benzene rings is 1. The molecule has 4 nitrogen and oxygen atoms in total.